The average Bonchev–Trinajstić information content (AvgIpc) is 2.48. The van der Waals surface area contributed by atoms with Crippen molar-refractivity contribution in [3.05, 3.63) is 41.7 Å². The molecule has 0 radical (unpaired) electrons. The molecule has 2 nitrogen and oxygen atoms in total. The van der Waals surface area contributed by atoms with Crippen LogP contribution in [0.15, 0.2) is 46.6 Å². The van der Waals surface area contributed by atoms with Gasteiger partial charge in [-0.25, -0.2) is 0 Å². The van der Waals surface area contributed by atoms with E-state index in [-0.39, 0.29) is 7.12 Å². The molecule has 0 aliphatic heterocycles. The Hall–Kier alpha value is -0.705. The fraction of sp³-hybridized carbons (Fsp3) is 0.500. The van der Waals surface area contributed by atoms with Crippen LogP contribution >= 0.6 is 11.8 Å². The summed E-state index contributed by atoms with van der Waals surface area (Å²) in [7, 11) is -0.218. The van der Waals surface area contributed by atoms with Gasteiger partial charge in [0.1, 0.15) is 0 Å². The van der Waals surface area contributed by atoms with E-state index in [2.05, 4.69) is 31.4 Å². The Kier molecular flexibility index (Phi) is 10.5. The number of rotatable bonds is 11. The van der Waals surface area contributed by atoms with Crippen LogP contribution in [0, 0.1) is 0 Å². The summed E-state index contributed by atoms with van der Waals surface area (Å²) in [4.78, 5) is 1.23. The zero-order valence-corrected chi connectivity index (χ0v) is 13.4. The molecule has 0 bridgehead atoms. The summed E-state index contributed by atoms with van der Waals surface area (Å²) in [6, 6.07) is 10.3. The first kappa shape index (κ1) is 17.3. The third-order valence-corrected chi connectivity index (χ3v) is 3.58. The fourth-order valence-corrected chi connectivity index (χ4v) is 2.21. The average molecular weight is 292 g/mol. The number of hydrogen-bond acceptors (Lipinski definition) is 3. The first-order chi connectivity index (χ1) is 9.86. The van der Waals surface area contributed by atoms with Gasteiger partial charge in [-0.3, -0.25) is 0 Å². The molecule has 0 atom stereocenters. The van der Waals surface area contributed by atoms with Gasteiger partial charge in [0, 0.05) is 18.1 Å². The van der Waals surface area contributed by atoms with Gasteiger partial charge >= 0.3 is 7.12 Å². The second kappa shape index (κ2) is 12.1. The molecule has 110 valence electrons. The first-order valence-corrected chi connectivity index (χ1v) is 8.36. The topological polar surface area (TPSA) is 18.5 Å². The second-order valence-corrected chi connectivity index (χ2v) is 5.56. The summed E-state index contributed by atoms with van der Waals surface area (Å²) in [5, 5.41) is 2.05. The van der Waals surface area contributed by atoms with E-state index in [0.29, 0.717) is 0 Å². The lowest BCUT2D eigenvalue weighted by molar-refractivity contribution is 0.201. The number of unbranched alkanes of at least 4 members (excludes halogenated alkanes) is 2. The van der Waals surface area contributed by atoms with Gasteiger partial charge in [-0.05, 0) is 36.4 Å². The minimum absolute atomic E-state index is 0.218. The van der Waals surface area contributed by atoms with Crippen LogP contribution in [0.5, 0.6) is 0 Å². The van der Waals surface area contributed by atoms with Gasteiger partial charge < -0.3 is 9.31 Å². The molecule has 0 aliphatic rings. The minimum Gasteiger partial charge on any atom is -0.408 e. The summed E-state index contributed by atoms with van der Waals surface area (Å²) in [5.74, 6) is 2.00. The predicted molar refractivity (Wildman–Crippen MR) is 88.9 cm³/mol. The molecule has 0 heterocycles. The predicted octanol–water partition coefficient (Wildman–Crippen LogP) is 4.95. The molecule has 20 heavy (non-hydrogen) atoms. The van der Waals surface area contributed by atoms with Crippen molar-refractivity contribution in [3.8, 4) is 0 Å². The standard InChI is InChI=1S/C16H25BO2S/c1-3-5-13-18-17(19-14-6-4-2)12-15-20-16-10-8-7-9-11-16/h7-12,15H,3-6,13-14H2,1-2H3. The highest BCUT2D eigenvalue weighted by Crippen LogP contribution is 2.18. The first-order valence-electron chi connectivity index (χ1n) is 7.48. The molecule has 1 aromatic carbocycles. The third-order valence-electron chi connectivity index (χ3n) is 2.74. The van der Waals surface area contributed by atoms with Crippen LogP contribution in [0.3, 0.4) is 0 Å². The molecule has 0 aliphatic carbocycles. The van der Waals surface area contributed by atoms with Gasteiger partial charge in [0.2, 0.25) is 0 Å². The smallest absolute Gasteiger partial charge is 0.408 e. The summed E-state index contributed by atoms with van der Waals surface area (Å²) in [6.45, 7) is 5.84. The number of benzene rings is 1. The summed E-state index contributed by atoms with van der Waals surface area (Å²) in [5.41, 5.74) is 0. The summed E-state index contributed by atoms with van der Waals surface area (Å²) in [6.07, 6.45) is 4.44. The van der Waals surface area contributed by atoms with Gasteiger partial charge in [-0.2, -0.15) is 0 Å². The van der Waals surface area contributed by atoms with Crippen LogP contribution in [0.2, 0.25) is 0 Å². The molecule has 0 aromatic heterocycles. The SMILES string of the molecule is CCCCOB(C=CSc1ccccc1)OCCCC. The zero-order chi connectivity index (χ0) is 14.5. The van der Waals surface area contributed by atoms with Crippen molar-refractivity contribution in [2.24, 2.45) is 0 Å². The Labute approximate surface area is 128 Å². The largest absolute Gasteiger partial charge is 0.486 e. The Morgan fingerprint density at radius 3 is 2.15 bits per heavy atom. The molecule has 0 fully saturated rings. The van der Waals surface area contributed by atoms with Crippen molar-refractivity contribution in [1.29, 1.82) is 0 Å². The highest BCUT2D eigenvalue weighted by Gasteiger charge is 2.13. The van der Waals surface area contributed by atoms with Crippen molar-refractivity contribution in [2.45, 2.75) is 44.4 Å². The lowest BCUT2D eigenvalue weighted by Crippen LogP contribution is -2.22. The molecule has 0 unspecified atom stereocenters. The van der Waals surface area contributed by atoms with E-state index in [9.17, 15) is 0 Å². The van der Waals surface area contributed by atoms with E-state index < -0.39 is 0 Å². The second-order valence-electron chi connectivity index (χ2n) is 4.58. The van der Waals surface area contributed by atoms with Crippen LogP contribution < -0.4 is 0 Å². The molecule has 4 heteroatoms. The van der Waals surface area contributed by atoms with Gasteiger partial charge in [0.05, 0.1) is 0 Å². The summed E-state index contributed by atoms with van der Waals surface area (Å²) >= 11 is 1.69. The van der Waals surface area contributed by atoms with Crippen LogP contribution in [-0.2, 0) is 9.31 Å². The van der Waals surface area contributed by atoms with Crippen LogP contribution in [-0.4, -0.2) is 20.3 Å². The fourth-order valence-electron chi connectivity index (χ4n) is 1.53. The van der Waals surface area contributed by atoms with E-state index in [0.717, 1.165) is 38.9 Å². The minimum atomic E-state index is -0.218. The molecule has 1 rings (SSSR count). The lowest BCUT2D eigenvalue weighted by Gasteiger charge is -2.11. The van der Waals surface area contributed by atoms with Crippen molar-refractivity contribution >= 4 is 18.9 Å². The Morgan fingerprint density at radius 2 is 1.60 bits per heavy atom. The van der Waals surface area contributed by atoms with E-state index in [1.54, 1.807) is 11.8 Å². The molecule has 0 saturated carbocycles. The van der Waals surface area contributed by atoms with Crippen molar-refractivity contribution < 1.29 is 9.31 Å². The van der Waals surface area contributed by atoms with Gasteiger partial charge in [0.15, 0.2) is 0 Å². The highest BCUT2D eigenvalue weighted by atomic mass is 32.2. The maximum atomic E-state index is 5.74. The van der Waals surface area contributed by atoms with E-state index >= 15 is 0 Å². The quantitative estimate of drug-likeness (QED) is 0.326. The zero-order valence-electron chi connectivity index (χ0n) is 12.6. The van der Waals surface area contributed by atoms with Gasteiger partial charge in [-0.15, -0.1) is 0 Å². The molecular formula is C16H25BO2S. The van der Waals surface area contributed by atoms with E-state index in [1.807, 2.05) is 24.2 Å². The van der Waals surface area contributed by atoms with Crippen LogP contribution in [0.25, 0.3) is 0 Å². The van der Waals surface area contributed by atoms with Gasteiger partial charge in [0.25, 0.3) is 0 Å². The van der Waals surface area contributed by atoms with E-state index in [1.165, 1.54) is 4.90 Å². The number of hydrogen-bond donors (Lipinski definition) is 0. The third kappa shape index (κ3) is 8.46. The Morgan fingerprint density at radius 1 is 1.00 bits per heavy atom. The van der Waals surface area contributed by atoms with E-state index in [4.69, 9.17) is 9.31 Å². The van der Waals surface area contributed by atoms with Crippen LogP contribution in [0.1, 0.15) is 39.5 Å². The molecule has 1 aromatic rings. The monoisotopic (exact) mass is 292 g/mol. The Balaban J connectivity index is 2.36. The van der Waals surface area contributed by atoms with Crippen molar-refractivity contribution in [1.82, 2.24) is 0 Å². The lowest BCUT2D eigenvalue weighted by atomic mass is 9.91. The maximum Gasteiger partial charge on any atom is 0.486 e. The Bertz CT molecular complexity index is 347. The molecular weight excluding hydrogens is 267 g/mol. The summed E-state index contributed by atoms with van der Waals surface area (Å²) < 4.78 is 11.5. The molecule has 0 amide bonds. The molecule has 0 spiro atoms. The van der Waals surface area contributed by atoms with Crippen LogP contribution in [0.4, 0.5) is 0 Å². The van der Waals surface area contributed by atoms with Crippen molar-refractivity contribution in [3.63, 3.8) is 0 Å². The maximum absolute atomic E-state index is 5.74. The van der Waals surface area contributed by atoms with Gasteiger partial charge in [-0.1, -0.05) is 56.7 Å². The molecule has 0 N–H and O–H groups in total. The molecule has 0 saturated heterocycles. The van der Waals surface area contributed by atoms with Crippen molar-refractivity contribution in [2.75, 3.05) is 13.2 Å². The number of thioether (sulfide) groups is 1. The normalized spacial score (nSPS) is 11.1. The highest BCUT2D eigenvalue weighted by molar-refractivity contribution is 8.02.